The molecule has 0 spiro atoms. The van der Waals surface area contributed by atoms with Gasteiger partial charge in [-0.25, -0.2) is 29.6 Å². The average Bonchev–Trinajstić information content (AvgIpc) is 3.65. The number of carbonyl (C=O) groups is 2. The van der Waals surface area contributed by atoms with Crippen LogP contribution in [-0.2, 0) is 42.4 Å². The van der Waals surface area contributed by atoms with Crippen LogP contribution in [-0.4, -0.2) is 43.1 Å². The maximum atomic E-state index is 13.0. The van der Waals surface area contributed by atoms with Crippen molar-refractivity contribution < 1.29 is 31.2 Å². The number of aromatic nitrogens is 2. The highest BCUT2D eigenvalue weighted by molar-refractivity contribution is 7.90. The number of rotatable bonds is 6. The molecule has 2 heterocycles. The van der Waals surface area contributed by atoms with Crippen molar-refractivity contribution in [1.82, 2.24) is 7.94 Å². The minimum atomic E-state index is -3.64. The summed E-state index contributed by atoms with van der Waals surface area (Å²) >= 11 is 0. The van der Waals surface area contributed by atoms with Gasteiger partial charge in [0.1, 0.15) is 0 Å². The maximum Gasteiger partial charge on any atom is 0.331 e. The van der Waals surface area contributed by atoms with Gasteiger partial charge in [-0.3, -0.25) is 4.79 Å². The van der Waals surface area contributed by atoms with Gasteiger partial charge in [0, 0.05) is 41.8 Å². The first-order chi connectivity index (χ1) is 21.4. The molecular formula is C34H36N2O7S2. The Morgan fingerprint density at radius 2 is 1.18 bits per heavy atom. The second kappa shape index (κ2) is 13.0. The molecule has 6 rings (SSSR count). The van der Waals surface area contributed by atoms with E-state index >= 15 is 0 Å². The minimum Gasteiger partial charge on any atom is -0.463 e. The quantitative estimate of drug-likeness (QED) is 0.189. The molecule has 0 amide bonds. The normalized spacial score (nSPS) is 15.5. The zero-order valence-electron chi connectivity index (χ0n) is 25.5. The molecule has 2 aromatic heterocycles. The van der Waals surface area contributed by atoms with Crippen molar-refractivity contribution >= 4 is 37.4 Å². The number of ether oxygens (including phenoxy) is 1. The van der Waals surface area contributed by atoms with Gasteiger partial charge in [-0.15, -0.1) is 0 Å². The predicted octanol–water partition coefficient (Wildman–Crippen LogP) is 5.87. The molecule has 0 fully saturated rings. The lowest BCUT2D eigenvalue weighted by atomic mass is 9.92. The van der Waals surface area contributed by atoms with Crippen LogP contribution < -0.4 is 0 Å². The molecule has 2 aliphatic rings. The first kappa shape index (κ1) is 32.2. The zero-order valence-corrected chi connectivity index (χ0v) is 27.2. The Hall–Kier alpha value is -4.22. The molecule has 2 aromatic carbocycles. The molecule has 0 atom stereocenters. The zero-order chi connectivity index (χ0) is 32.4. The molecule has 0 saturated heterocycles. The Labute approximate surface area is 264 Å². The van der Waals surface area contributed by atoms with Gasteiger partial charge in [-0.05, 0) is 100 Å². The molecule has 236 valence electrons. The second-order valence-corrected chi connectivity index (χ2v) is 14.8. The number of fused-ring (bicyclic) bond motifs is 2. The van der Waals surface area contributed by atoms with Gasteiger partial charge in [0.25, 0.3) is 20.0 Å². The lowest BCUT2D eigenvalue weighted by molar-refractivity contribution is -0.137. The van der Waals surface area contributed by atoms with Crippen LogP contribution >= 0.6 is 0 Å². The van der Waals surface area contributed by atoms with E-state index in [1.165, 1.54) is 20.2 Å². The van der Waals surface area contributed by atoms with Crippen LogP contribution in [0.3, 0.4) is 0 Å². The number of aryl methyl sites for hydroxylation is 2. The fourth-order valence-corrected chi connectivity index (χ4v) is 8.45. The molecule has 0 radical (unpaired) electrons. The van der Waals surface area contributed by atoms with E-state index in [0.717, 1.165) is 40.8 Å². The largest absolute Gasteiger partial charge is 0.463 e. The average molecular weight is 649 g/mol. The predicted molar refractivity (Wildman–Crippen MR) is 171 cm³/mol. The van der Waals surface area contributed by atoms with Crippen molar-refractivity contribution in [2.75, 3.05) is 6.61 Å². The van der Waals surface area contributed by atoms with Crippen molar-refractivity contribution in [3.05, 3.63) is 113 Å². The van der Waals surface area contributed by atoms with Crippen LogP contribution in [0.15, 0.2) is 88.9 Å². The summed E-state index contributed by atoms with van der Waals surface area (Å²) in [5.74, 6) is -0.358. The van der Waals surface area contributed by atoms with Crippen molar-refractivity contribution in [1.29, 1.82) is 0 Å². The number of ketones is 1. The molecule has 0 N–H and O–H groups in total. The summed E-state index contributed by atoms with van der Waals surface area (Å²) in [6.45, 7) is 5.90. The van der Waals surface area contributed by atoms with Crippen LogP contribution in [0.1, 0.15) is 71.0 Å². The molecule has 45 heavy (non-hydrogen) atoms. The summed E-state index contributed by atoms with van der Waals surface area (Å²) in [5.41, 5.74) is 5.55. The molecule has 0 unspecified atom stereocenters. The van der Waals surface area contributed by atoms with E-state index in [9.17, 15) is 26.4 Å². The Morgan fingerprint density at radius 1 is 0.711 bits per heavy atom. The van der Waals surface area contributed by atoms with E-state index in [1.54, 1.807) is 73.8 Å². The minimum absolute atomic E-state index is 0.0316. The van der Waals surface area contributed by atoms with Crippen LogP contribution in [0, 0.1) is 13.8 Å². The molecule has 4 aromatic rings. The van der Waals surface area contributed by atoms with Gasteiger partial charge < -0.3 is 4.74 Å². The van der Waals surface area contributed by atoms with Gasteiger partial charge in [-0.1, -0.05) is 35.4 Å². The van der Waals surface area contributed by atoms with E-state index in [-0.39, 0.29) is 21.5 Å². The lowest BCUT2D eigenvalue weighted by Gasteiger charge is -2.18. The summed E-state index contributed by atoms with van der Waals surface area (Å²) < 4.78 is 58.8. The van der Waals surface area contributed by atoms with E-state index < -0.39 is 20.0 Å². The van der Waals surface area contributed by atoms with Crippen LogP contribution in [0.5, 0.6) is 0 Å². The highest BCUT2D eigenvalue weighted by Gasteiger charge is 2.27. The monoisotopic (exact) mass is 648 g/mol. The van der Waals surface area contributed by atoms with Crippen LogP contribution in [0.4, 0.5) is 0 Å². The third kappa shape index (κ3) is 6.60. The third-order valence-corrected chi connectivity index (χ3v) is 11.4. The first-order valence-electron chi connectivity index (χ1n) is 14.9. The Balaban J connectivity index is 0.000000182. The number of Topliss-reactive ketones (excluding diaryl/α,β-unsaturated/α-hetero) is 1. The number of hydrogen-bond acceptors (Lipinski definition) is 7. The summed E-state index contributed by atoms with van der Waals surface area (Å²) in [4.78, 5) is 24.1. The fraction of sp³-hybridized carbons (Fsp3) is 0.294. The Kier molecular flexibility index (Phi) is 9.31. The van der Waals surface area contributed by atoms with E-state index in [4.69, 9.17) is 4.74 Å². The summed E-state index contributed by atoms with van der Waals surface area (Å²) in [6.07, 6.45) is 8.57. The number of esters is 1. The van der Waals surface area contributed by atoms with Gasteiger partial charge in [0.05, 0.1) is 16.4 Å². The van der Waals surface area contributed by atoms with Crippen molar-refractivity contribution in [3.63, 3.8) is 0 Å². The first-order valence-corrected chi connectivity index (χ1v) is 17.8. The SMILES string of the molecule is CCOC(=O)C=C1CCCc2c1ccn2S(=O)(=O)c1ccc(C)cc1.Cc1ccc(S(=O)(=O)n2ccc3c2CCCC3=O)cc1. The standard InChI is InChI=1S/C19H21NO4S.C15H15NO3S/c1-3-24-19(21)13-15-5-4-6-18-17(15)11-12-20(18)25(22,23)16-9-7-14(2)8-10-16;1-11-5-7-12(8-6-11)20(18,19)16-10-9-13-14(16)3-2-4-15(13)17/h7-13H,3-6H2,1-2H3;5-10H,2-4H2,1H3. The number of allylic oxidation sites excluding steroid dienone is 1. The molecule has 9 nitrogen and oxygen atoms in total. The molecule has 0 aliphatic heterocycles. The topological polar surface area (TPSA) is 122 Å². The number of carbonyl (C=O) groups excluding carboxylic acids is 2. The third-order valence-electron chi connectivity index (χ3n) is 7.96. The Bertz CT molecular complexity index is 1980. The number of benzene rings is 2. The summed E-state index contributed by atoms with van der Waals surface area (Å²) in [7, 11) is -7.26. The smallest absolute Gasteiger partial charge is 0.331 e. The fourth-order valence-electron chi connectivity index (χ4n) is 5.64. The summed E-state index contributed by atoms with van der Waals surface area (Å²) in [5, 5.41) is 0. The van der Waals surface area contributed by atoms with Crippen molar-refractivity contribution in [3.8, 4) is 0 Å². The van der Waals surface area contributed by atoms with Crippen molar-refractivity contribution in [2.45, 2.75) is 69.1 Å². The molecular weight excluding hydrogens is 613 g/mol. The van der Waals surface area contributed by atoms with Gasteiger partial charge >= 0.3 is 5.97 Å². The highest BCUT2D eigenvalue weighted by atomic mass is 32.2. The molecule has 2 aliphatic carbocycles. The number of hydrogen-bond donors (Lipinski definition) is 0. The highest BCUT2D eigenvalue weighted by Crippen LogP contribution is 2.33. The Morgan fingerprint density at radius 3 is 1.69 bits per heavy atom. The van der Waals surface area contributed by atoms with Crippen LogP contribution in [0.25, 0.3) is 5.57 Å². The lowest BCUT2D eigenvalue weighted by Crippen LogP contribution is -2.19. The maximum absolute atomic E-state index is 13.0. The molecule has 11 heteroatoms. The van der Waals surface area contributed by atoms with E-state index in [0.29, 0.717) is 43.5 Å². The van der Waals surface area contributed by atoms with Gasteiger partial charge in [0.2, 0.25) is 0 Å². The second-order valence-electron chi connectivity index (χ2n) is 11.1. The number of nitrogens with zero attached hydrogens (tertiary/aromatic N) is 2. The summed E-state index contributed by atoms with van der Waals surface area (Å²) in [6, 6.07) is 16.9. The molecule has 0 bridgehead atoms. The van der Waals surface area contributed by atoms with E-state index in [2.05, 4.69) is 0 Å². The van der Waals surface area contributed by atoms with Gasteiger partial charge in [0.15, 0.2) is 5.78 Å². The van der Waals surface area contributed by atoms with Crippen LogP contribution in [0.2, 0.25) is 0 Å². The van der Waals surface area contributed by atoms with E-state index in [1.807, 2.05) is 13.8 Å². The molecule has 0 saturated carbocycles. The van der Waals surface area contributed by atoms with Gasteiger partial charge in [-0.2, -0.15) is 0 Å². The van der Waals surface area contributed by atoms with Crippen molar-refractivity contribution in [2.24, 2.45) is 0 Å².